The molecule has 0 radical (unpaired) electrons. The van der Waals surface area contributed by atoms with Crippen molar-refractivity contribution in [2.75, 3.05) is 31.1 Å². The number of benzene rings is 2. The van der Waals surface area contributed by atoms with Crippen molar-refractivity contribution < 1.29 is 4.79 Å². The van der Waals surface area contributed by atoms with Crippen LogP contribution in [0.4, 0.5) is 5.82 Å². The second-order valence-electron chi connectivity index (χ2n) is 7.34. The summed E-state index contributed by atoms with van der Waals surface area (Å²) in [6.45, 7) is 2.74. The number of nitrogens with zero attached hydrogens (tertiary/aromatic N) is 6. The van der Waals surface area contributed by atoms with E-state index in [0.29, 0.717) is 35.2 Å². The second-order valence-corrected chi connectivity index (χ2v) is 7.34. The number of carbonyl (C=O) groups is 1. The summed E-state index contributed by atoms with van der Waals surface area (Å²) in [5, 5.41) is 8.64. The molecule has 0 bridgehead atoms. The van der Waals surface area contributed by atoms with Crippen molar-refractivity contribution in [3.05, 3.63) is 88.8 Å². The standard InChI is InChI=1S/C23H20N6O2/c30-22(28-15-13-27(14-16-28)21-7-3-4-12-24-21)17-8-10-18(11-9-17)29-23(31)19-5-1-2-6-20(19)25-26-29/h1-12H,13-16H2. The van der Waals surface area contributed by atoms with Gasteiger partial charge in [-0.25, -0.2) is 4.98 Å². The van der Waals surface area contributed by atoms with Gasteiger partial charge in [0.2, 0.25) is 0 Å². The Balaban J connectivity index is 1.31. The zero-order chi connectivity index (χ0) is 21.2. The van der Waals surface area contributed by atoms with E-state index >= 15 is 0 Å². The molecule has 1 fully saturated rings. The third-order valence-electron chi connectivity index (χ3n) is 5.47. The van der Waals surface area contributed by atoms with Crippen LogP contribution in [0, 0.1) is 0 Å². The maximum atomic E-state index is 12.9. The molecule has 2 aromatic carbocycles. The van der Waals surface area contributed by atoms with Crippen LogP contribution in [0.15, 0.2) is 77.7 Å². The fraction of sp³-hybridized carbons (Fsp3) is 0.174. The maximum absolute atomic E-state index is 12.9. The summed E-state index contributed by atoms with van der Waals surface area (Å²) in [5.74, 6) is 0.907. The van der Waals surface area contributed by atoms with Crippen LogP contribution < -0.4 is 10.5 Å². The first-order valence-electron chi connectivity index (χ1n) is 10.1. The van der Waals surface area contributed by atoms with E-state index in [0.717, 1.165) is 18.9 Å². The van der Waals surface area contributed by atoms with E-state index in [1.807, 2.05) is 29.2 Å². The van der Waals surface area contributed by atoms with Crippen LogP contribution in [0.5, 0.6) is 0 Å². The fourth-order valence-corrected chi connectivity index (χ4v) is 3.77. The Labute approximate surface area is 178 Å². The normalized spacial score (nSPS) is 14.1. The van der Waals surface area contributed by atoms with Gasteiger partial charge in [0.25, 0.3) is 11.5 Å². The van der Waals surface area contributed by atoms with Crippen LogP contribution >= 0.6 is 0 Å². The number of aromatic nitrogens is 4. The monoisotopic (exact) mass is 412 g/mol. The minimum Gasteiger partial charge on any atom is -0.353 e. The largest absolute Gasteiger partial charge is 0.353 e. The minimum absolute atomic E-state index is 0.0239. The summed E-state index contributed by atoms with van der Waals surface area (Å²) in [6, 6.07) is 19.8. The lowest BCUT2D eigenvalue weighted by Gasteiger charge is -2.35. The summed E-state index contributed by atoms with van der Waals surface area (Å²) < 4.78 is 1.25. The molecule has 0 atom stereocenters. The molecule has 1 amide bonds. The molecule has 8 nitrogen and oxygen atoms in total. The Morgan fingerprint density at radius 3 is 2.32 bits per heavy atom. The highest BCUT2D eigenvalue weighted by Gasteiger charge is 2.22. The number of rotatable bonds is 3. The number of amides is 1. The summed E-state index contributed by atoms with van der Waals surface area (Å²) in [4.78, 5) is 34.0. The van der Waals surface area contributed by atoms with E-state index in [1.54, 1.807) is 48.7 Å². The van der Waals surface area contributed by atoms with Crippen molar-refractivity contribution in [3.8, 4) is 5.69 Å². The Bertz CT molecular complexity index is 1280. The van der Waals surface area contributed by atoms with E-state index < -0.39 is 0 Å². The zero-order valence-corrected chi connectivity index (χ0v) is 16.8. The number of pyridine rings is 1. The smallest absolute Gasteiger partial charge is 0.282 e. The Kier molecular flexibility index (Phi) is 4.87. The third kappa shape index (κ3) is 3.63. The van der Waals surface area contributed by atoms with Gasteiger partial charge in [0.15, 0.2) is 0 Å². The van der Waals surface area contributed by atoms with Crippen LogP contribution in [0.25, 0.3) is 16.6 Å². The molecule has 154 valence electrons. The highest BCUT2D eigenvalue weighted by atomic mass is 16.2. The molecular formula is C23H20N6O2. The number of fused-ring (bicyclic) bond motifs is 1. The molecule has 3 heterocycles. The molecule has 1 aliphatic heterocycles. The summed E-state index contributed by atoms with van der Waals surface area (Å²) in [7, 11) is 0. The first-order valence-corrected chi connectivity index (χ1v) is 10.1. The molecule has 0 N–H and O–H groups in total. The van der Waals surface area contributed by atoms with E-state index in [2.05, 4.69) is 20.2 Å². The van der Waals surface area contributed by atoms with E-state index in [1.165, 1.54) is 4.68 Å². The first kappa shape index (κ1) is 18.9. The van der Waals surface area contributed by atoms with Gasteiger partial charge in [-0.2, -0.15) is 4.68 Å². The lowest BCUT2D eigenvalue weighted by molar-refractivity contribution is 0.0746. The topological polar surface area (TPSA) is 84.2 Å². The Hall–Kier alpha value is -4.07. The van der Waals surface area contributed by atoms with Crippen molar-refractivity contribution in [2.45, 2.75) is 0 Å². The minimum atomic E-state index is -0.240. The van der Waals surface area contributed by atoms with E-state index in [-0.39, 0.29) is 11.5 Å². The van der Waals surface area contributed by atoms with Gasteiger partial charge in [0.1, 0.15) is 11.3 Å². The molecular weight excluding hydrogens is 392 g/mol. The molecule has 4 aromatic rings. The molecule has 1 aliphatic rings. The third-order valence-corrected chi connectivity index (χ3v) is 5.47. The summed E-state index contributed by atoms with van der Waals surface area (Å²) in [6.07, 6.45) is 1.78. The molecule has 31 heavy (non-hydrogen) atoms. The molecule has 0 unspecified atom stereocenters. The average Bonchev–Trinajstić information content (AvgIpc) is 2.85. The predicted molar refractivity (Wildman–Crippen MR) is 117 cm³/mol. The molecule has 1 saturated heterocycles. The van der Waals surface area contributed by atoms with Gasteiger partial charge >= 0.3 is 0 Å². The number of carbonyl (C=O) groups excluding carboxylic acids is 1. The molecule has 5 rings (SSSR count). The van der Waals surface area contributed by atoms with Crippen molar-refractivity contribution in [1.29, 1.82) is 0 Å². The lowest BCUT2D eigenvalue weighted by Crippen LogP contribution is -2.49. The summed E-state index contributed by atoms with van der Waals surface area (Å²) in [5.41, 5.74) is 1.47. The van der Waals surface area contributed by atoms with Gasteiger partial charge < -0.3 is 9.80 Å². The Morgan fingerprint density at radius 2 is 1.58 bits per heavy atom. The first-order chi connectivity index (χ1) is 15.2. The van der Waals surface area contributed by atoms with Crippen molar-refractivity contribution in [3.63, 3.8) is 0 Å². The molecule has 0 spiro atoms. The van der Waals surface area contributed by atoms with Gasteiger partial charge in [0, 0.05) is 37.9 Å². The van der Waals surface area contributed by atoms with Gasteiger partial charge in [-0.05, 0) is 48.5 Å². The van der Waals surface area contributed by atoms with Crippen LogP contribution in [-0.2, 0) is 0 Å². The van der Waals surface area contributed by atoms with Crippen molar-refractivity contribution >= 4 is 22.6 Å². The maximum Gasteiger partial charge on any atom is 0.282 e. The fourth-order valence-electron chi connectivity index (χ4n) is 3.77. The molecule has 8 heteroatoms. The number of hydrogen-bond donors (Lipinski definition) is 0. The second kappa shape index (κ2) is 7.98. The summed E-state index contributed by atoms with van der Waals surface area (Å²) >= 11 is 0. The van der Waals surface area contributed by atoms with E-state index in [9.17, 15) is 9.59 Å². The average molecular weight is 412 g/mol. The van der Waals surface area contributed by atoms with Gasteiger partial charge in [-0.3, -0.25) is 9.59 Å². The Morgan fingerprint density at radius 1 is 0.839 bits per heavy atom. The van der Waals surface area contributed by atoms with Crippen LogP contribution in [0.2, 0.25) is 0 Å². The number of anilines is 1. The van der Waals surface area contributed by atoms with Gasteiger partial charge in [-0.15, -0.1) is 5.10 Å². The molecule has 0 saturated carbocycles. The van der Waals surface area contributed by atoms with Gasteiger partial charge in [0.05, 0.1) is 11.1 Å². The van der Waals surface area contributed by atoms with Crippen LogP contribution in [-0.4, -0.2) is 57.0 Å². The highest BCUT2D eigenvalue weighted by Crippen LogP contribution is 2.16. The predicted octanol–water partition coefficient (Wildman–Crippen LogP) is 2.14. The molecule has 0 aliphatic carbocycles. The van der Waals surface area contributed by atoms with Crippen molar-refractivity contribution in [2.24, 2.45) is 0 Å². The van der Waals surface area contributed by atoms with Crippen molar-refractivity contribution in [1.82, 2.24) is 24.9 Å². The highest BCUT2D eigenvalue weighted by molar-refractivity contribution is 5.94. The van der Waals surface area contributed by atoms with Crippen LogP contribution in [0.3, 0.4) is 0 Å². The zero-order valence-electron chi connectivity index (χ0n) is 16.8. The quantitative estimate of drug-likeness (QED) is 0.513. The van der Waals surface area contributed by atoms with E-state index in [4.69, 9.17) is 0 Å². The number of piperazine rings is 1. The van der Waals surface area contributed by atoms with Gasteiger partial charge in [-0.1, -0.05) is 23.4 Å². The van der Waals surface area contributed by atoms with Crippen LogP contribution in [0.1, 0.15) is 10.4 Å². The number of hydrogen-bond acceptors (Lipinski definition) is 6. The SMILES string of the molecule is O=C(c1ccc(-n2nnc3ccccc3c2=O)cc1)N1CCN(c2ccccn2)CC1. The lowest BCUT2D eigenvalue weighted by atomic mass is 10.1. The molecule has 2 aromatic heterocycles.